The highest BCUT2D eigenvalue weighted by molar-refractivity contribution is 5.94. The van der Waals surface area contributed by atoms with Crippen molar-refractivity contribution >= 4 is 17.6 Å². The number of carboxylic acids is 1. The Bertz CT molecular complexity index is 419. The van der Waals surface area contributed by atoms with Gasteiger partial charge in [-0.15, -0.1) is 0 Å². The van der Waals surface area contributed by atoms with Crippen molar-refractivity contribution in [3.05, 3.63) is 30.3 Å². The predicted octanol–water partition coefficient (Wildman–Crippen LogP) is 2.31. The molecule has 0 aromatic heterocycles. The van der Waals surface area contributed by atoms with E-state index < -0.39 is 5.97 Å². The second kappa shape index (κ2) is 9.09. The monoisotopic (exact) mass is 279 g/mol. The van der Waals surface area contributed by atoms with Crippen molar-refractivity contribution in [2.24, 2.45) is 0 Å². The van der Waals surface area contributed by atoms with Crippen LogP contribution in [0.4, 0.5) is 5.69 Å². The van der Waals surface area contributed by atoms with Gasteiger partial charge in [0.1, 0.15) is 6.61 Å². The van der Waals surface area contributed by atoms with Gasteiger partial charge in [0, 0.05) is 25.3 Å². The maximum absolute atomic E-state index is 12.1. The molecule has 0 aliphatic carbocycles. The number of aliphatic carboxylic acids is 1. The number of amides is 1. The fourth-order valence-corrected chi connectivity index (χ4v) is 1.78. The molecule has 1 rings (SSSR count). The quantitative estimate of drug-likeness (QED) is 0.704. The van der Waals surface area contributed by atoms with E-state index in [2.05, 4.69) is 0 Å². The van der Waals surface area contributed by atoms with E-state index in [1.165, 1.54) is 0 Å². The summed E-state index contributed by atoms with van der Waals surface area (Å²) in [6.07, 6.45) is 1.33. The topological polar surface area (TPSA) is 66.8 Å². The van der Waals surface area contributed by atoms with Gasteiger partial charge in [-0.25, -0.2) is 0 Å². The minimum Gasteiger partial charge on any atom is -0.481 e. The summed E-state index contributed by atoms with van der Waals surface area (Å²) >= 11 is 0. The SMILES string of the molecule is CCCOCC(=O)N(CCCC(=O)O)c1ccccc1. The molecule has 0 saturated heterocycles. The molecule has 0 saturated carbocycles. The lowest BCUT2D eigenvalue weighted by molar-refractivity contribution is -0.137. The smallest absolute Gasteiger partial charge is 0.303 e. The van der Waals surface area contributed by atoms with Crippen LogP contribution in [-0.2, 0) is 14.3 Å². The van der Waals surface area contributed by atoms with Gasteiger partial charge in [-0.05, 0) is 25.0 Å². The van der Waals surface area contributed by atoms with Crippen LogP contribution in [0.2, 0.25) is 0 Å². The minimum atomic E-state index is -0.854. The van der Waals surface area contributed by atoms with Crippen LogP contribution in [0.1, 0.15) is 26.2 Å². The third-order valence-corrected chi connectivity index (χ3v) is 2.72. The molecule has 0 fully saturated rings. The molecular formula is C15H21NO4. The first-order valence-electron chi connectivity index (χ1n) is 6.80. The van der Waals surface area contributed by atoms with E-state index in [0.29, 0.717) is 19.6 Å². The number of rotatable bonds is 9. The van der Waals surface area contributed by atoms with Crippen molar-refractivity contribution in [2.75, 3.05) is 24.7 Å². The van der Waals surface area contributed by atoms with Gasteiger partial charge in [0.25, 0.3) is 5.91 Å². The number of hydrogen-bond acceptors (Lipinski definition) is 3. The van der Waals surface area contributed by atoms with Crippen molar-refractivity contribution in [3.8, 4) is 0 Å². The Morgan fingerprint density at radius 3 is 2.55 bits per heavy atom. The molecule has 0 unspecified atom stereocenters. The van der Waals surface area contributed by atoms with Crippen LogP contribution >= 0.6 is 0 Å². The molecule has 1 amide bonds. The molecule has 0 heterocycles. The maximum Gasteiger partial charge on any atom is 0.303 e. The van der Waals surface area contributed by atoms with E-state index in [4.69, 9.17) is 9.84 Å². The molecule has 5 nitrogen and oxygen atoms in total. The van der Waals surface area contributed by atoms with Crippen LogP contribution in [-0.4, -0.2) is 36.7 Å². The zero-order valence-corrected chi connectivity index (χ0v) is 11.7. The number of para-hydroxylation sites is 1. The van der Waals surface area contributed by atoms with Crippen molar-refractivity contribution in [1.29, 1.82) is 0 Å². The number of carbonyl (C=O) groups is 2. The molecule has 20 heavy (non-hydrogen) atoms. The van der Waals surface area contributed by atoms with Gasteiger partial charge in [0.15, 0.2) is 0 Å². The van der Waals surface area contributed by atoms with Gasteiger partial charge in [0.2, 0.25) is 0 Å². The van der Waals surface area contributed by atoms with E-state index in [0.717, 1.165) is 12.1 Å². The first-order chi connectivity index (χ1) is 9.65. The Morgan fingerprint density at radius 1 is 1.25 bits per heavy atom. The second-order valence-corrected chi connectivity index (χ2v) is 4.43. The van der Waals surface area contributed by atoms with E-state index >= 15 is 0 Å². The number of benzene rings is 1. The standard InChI is InChI=1S/C15H21NO4/c1-2-11-20-12-14(17)16(10-6-9-15(18)19)13-7-4-3-5-8-13/h3-5,7-8H,2,6,9-12H2,1H3,(H,18,19). The summed E-state index contributed by atoms with van der Waals surface area (Å²) in [6, 6.07) is 9.23. The number of carboxylic acid groups (broad SMARTS) is 1. The summed E-state index contributed by atoms with van der Waals surface area (Å²) in [4.78, 5) is 24.3. The third kappa shape index (κ3) is 5.84. The lowest BCUT2D eigenvalue weighted by atomic mass is 10.2. The molecule has 0 bridgehead atoms. The Hall–Kier alpha value is -1.88. The van der Waals surface area contributed by atoms with Crippen molar-refractivity contribution < 1.29 is 19.4 Å². The second-order valence-electron chi connectivity index (χ2n) is 4.43. The molecule has 1 N–H and O–H groups in total. The van der Waals surface area contributed by atoms with Crippen molar-refractivity contribution in [3.63, 3.8) is 0 Å². The average Bonchev–Trinajstić information content (AvgIpc) is 2.44. The zero-order chi connectivity index (χ0) is 14.8. The largest absolute Gasteiger partial charge is 0.481 e. The van der Waals surface area contributed by atoms with Crippen LogP contribution in [0.15, 0.2) is 30.3 Å². The summed E-state index contributed by atoms with van der Waals surface area (Å²) in [5, 5.41) is 8.68. The normalized spacial score (nSPS) is 10.2. The molecule has 0 aliphatic rings. The molecule has 110 valence electrons. The van der Waals surface area contributed by atoms with Gasteiger partial charge in [-0.2, -0.15) is 0 Å². The van der Waals surface area contributed by atoms with Gasteiger partial charge in [-0.3, -0.25) is 9.59 Å². The highest BCUT2D eigenvalue weighted by atomic mass is 16.5. The van der Waals surface area contributed by atoms with Crippen LogP contribution in [0.5, 0.6) is 0 Å². The summed E-state index contributed by atoms with van der Waals surface area (Å²) in [7, 11) is 0. The van der Waals surface area contributed by atoms with Crippen molar-refractivity contribution in [2.45, 2.75) is 26.2 Å². The Kier molecular flexibility index (Phi) is 7.35. The Labute approximate surface area is 119 Å². The van der Waals surface area contributed by atoms with E-state index in [9.17, 15) is 9.59 Å². The first-order valence-corrected chi connectivity index (χ1v) is 6.80. The molecular weight excluding hydrogens is 258 g/mol. The summed E-state index contributed by atoms with van der Waals surface area (Å²) < 4.78 is 5.27. The van der Waals surface area contributed by atoms with E-state index in [1.54, 1.807) is 4.90 Å². The van der Waals surface area contributed by atoms with Crippen LogP contribution in [0.3, 0.4) is 0 Å². The molecule has 5 heteroatoms. The van der Waals surface area contributed by atoms with Crippen LogP contribution < -0.4 is 4.90 Å². The Morgan fingerprint density at radius 2 is 1.95 bits per heavy atom. The highest BCUT2D eigenvalue weighted by Crippen LogP contribution is 2.14. The first kappa shape index (κ1) is 16.2. The zero-order valence-electron chi connectivity index (χ0n) is 11.7. The molecule has 0 aliphatic heterocycles. The minimum absolute atomic E-state index is 0.0236. The van der Waals surface area contributed by atoms with Crippen LogP contribution in [0.25, 0.3) is 0 Å². The molecule has 0 radical (unpaired) electrons. The van der Waals surface area contributed by atoms with Gasteiger partial charge < -0.3 is 14.7 Å². The summed E-state index contributed by atoms with van der Waals surface area (Å²) in [6.45, 7) is 2.93. The highest BCUT2D eigenvalue weighted by Gasteiger charge is 2.15. The Balaban J connectivity index is 2.63. The van der Waals surface area contributed by atoms with E-state index in [1.807, 2.05) is 37.3 Å². The lowest BCUT2D eigenvalue weighted by Gasteiger charge is -2.22. The molecule has 0 atom stereocenters. The fraction of sp³-hybridized carbons (Fsp3) is 0.467. The molecule has 0 spiro atoms. The fourth-order valence-electron chi connectivity index (χ4n) is 1.78. The lowest BCUT2D eigenvalue weighted by Crippen LogP contribution is -2.35. The van der Waals surface area contributed by atoms with Gasteiger partial charge in [0.05, 0.1) is 0 Å². The number of hydrogen-bond donors (Lipinski definition) is 1. The summed E-state index contributed by atoms with van der Waals surface area (Å²) in [5.74, 6) is -0.997. The van der Waals surface area contributed by atoms with Gasteiger partial charge >= 0.3 is 5.97 Å². The maximum atomic E-state index is 12.1. The van der Waals surface area contributed by atoms with Crippen molar-refractivity contribution in [1.82, 2.24) is 0 Å². The number of anilines is 1. The molecule has 1 aromatic rings. The molecule has 1 aromatic carbocycles. The number of nitrogens with zero attached hydrogens (tertiary/aromatic N) is 1. The number of ether oxygens (including phenoxy) is 1. The summed E-state index contributed by atoms with van der Waals surface area (Å²) in [5.41, 5.74) is 0.767. The van der Waals surface area contributed by atoms with Gasteiger partial charge in [-0.1, -0.05) is 25.1 Å². The predicted molar refractivity (Wildman–Crippen MR) is 76.8 cm³/mol. The third-order valence-electron chi connectivity index (χ3n) is 2.72. The van der Waals surface area contributed by atoms with E-state index in [-0.39, 0.29) is 18.9 Å². The average molecular weight is 279 g/mol. The number of carbonyl (C=O) groups excluding carboxylic acids is 1. The van der Waals surface area contributed by atoms with Crippen LogP contribution in [0, 0.1) is 0 Å².